The fourth-order valence-electron chi connectivity index (χ4n) is 2.86. The second-order valence-electron chi connectivity index (χ2n) is 5.98. The van der Waals surface area contributed by atoms with Gasteiger partial charge in [-0.1, -0.05) is 17.7 Å². The first-order valence-corrected chi connectivity index (χ1v) is 7.95. The predicted octanol–water partition coefficient (Wildman–Crippen LogP) is 3.80. The van der Waals surface area contributed by atoms with Gasteiger partial charge < -0.3 is 15.8 Å². The van der Waals surface area contributed by atoms with Crippen LogP contribution in [0.25, 0.3) is 11.1 Å². The number of hydrogen-bond acceptors (Lipinski definition) is 6. The molecule has 128 valence electrons. The van der Waals surface area contributed by atoms with Crippen LogP contribution in [0.1, 0.15) is 16.7 Å². The number of nitrogens with one attached hydrogen (secondary N) is 1. The summed E-state index contributed by atoms with van der Waals surface area (Å²) in [6.45, 7) is 6.23. The minimum absolute atomic E-state index is 0.218. The third-order valence-corrected chi connectivity index (χ3v) is 3.98. The molecular weight excluding hydrogens is 314 g/mol. The summed E-state index contributed by atoms with van der Waals surface area (Å²) in [7, 11) is 1.59. The van der Waals surface area contributed by atoms with E-state index in [0.717, 1.165) is 27.9 Å². The van der Waals surface area contributed by atoms with Crippen LogP contribution in [0.3, 0.4) is 0 Å². The number of rotatable bonds is 4. The normalized spacial score (nSPS) is 10.6. The van der Waals surface area contributed by atoms with Gasteiger partial charge in [0, 0.05) is 35.3 Å². The highest BCUT2D eigenvalue weighted by atomic mass is 16.5. The molecule has 0 fully saturated rings. The highest BCUT2D eigenvalue weighted by Crippen LogP contribution is 2.32. The average molecular weight is 335 g/mol. The number of anilines is 3. The Balaban J connectivity index is 2.05. The van der Waals surface area contributed by atoms with E-state index < -0.39 is 0 Å². The number of pyridine rings is 1. The maximum atomic E-state index is 5.81. The van der Waals surface area contributed by atoms with Crippen LogP contribution >= 0.6 is 0 Å². The molecule has 25 heavy (non-hydrogen) atoms. The maximum Gasteiger partial charge on any atom is 0.221 e. The van der Waals surface area contributed by atoms with Crippen molar-refractivity contribution in [3.63, 3.8) is 0 Å². The number of hydrogen-bond donors (Lipinski definition) is 2. The van der Waals surface area contributed by atoms with Crippen LogP contribution in [-0.2, 0) is 0 Å². The molecule has 0 aliphatic carbocycles. The molecule has 0 aliphatic heterocycles. The first-order valence-electron chi connectivity index (χ1n) is 7.95. The Morgan fingerprint density at radius 1 is 1.00 bits per heavy atom. The molecule has 0 spiro atoms. The van der Waals surface area contributed by atoms with Crippen molar-refractivity contribution in [2.45, 2.75) is 20.8 Å². The Labute approximate surface area is 147 Å². The van der Waals surface area contributed by atoms with Crippen molar-refractivity contribution in [2.75, 3.05) is 18.2 Å². The van der Waals surface area contributed by atoms with Gasteiger partial charge >= 0.3 is 0 Å². The lowest BCUT2D eigenvalue weighted by Crippen LogP contribution is -2.04. The zero-order chi connectivity index (χ0) is 18.0. The molecule has 3 aromatic rings. The fourth-order valence-corrected chi connectivity index (χ4v) is 2.86. The average Bonchev–Trinajstić information content (AvgIpc) is 2.58. The molecule has 0 saturated heterocycles. The third-order valence-electron chi connectivity index (χ3n) is 3.98. The van der Waals surface area contributed by atoms with E-state index in [1.807, 2.05) is 6.07 Å². The number of ether oxygens (including phenoxy) is 1. The van der Waals surface area contributed by atoms with Gasteiger partial charge in [-0.3, -0.25) is 0 Å². The second kappa shape index (κ2) is 6.76. The molecule has 0 unspecified atom stereocenters. The van der Waals surface area contributed by atoms with Gasteiger partial charge in [0.05, 0.1) is 7.11 Å². The molecule has 0 bridgehead atoms. The van der Waals surface area contributed by atoms with Crippen molar-refractivity contribution in [3.05, 3.63) is 53.3 Å². The van der Waals surface area contributed by atoms with Crippen LogP contribution in [0.4, 0.5) is 17.5 Å². The Morgan fingerprint density at radius 3 is 2.32 bits per heavy atom. The molecule has 6 heteroatoms. The molecular formula is C19H21N5O. The number of aryl methyl sites for hydroxylation is 3. The van der Waals surface area contributed by atoms with Crippen LogP contribution in [0, 0.1) is 20.8 Å². The molecule has 2 heterocycles. The number of nitrogen functional groups attached to an aromatic ring is 1. The highest BCUT2D eigenvalue weighted by Gasteiger charge is 2.12. The number of aromatic nitrogens is 3. The quantitative estimate of drug-likeness (QED) is 0.754. The molecule has 0 amide bonds. The predicted molar refractivity (Wildman–Crippen MR) is 100 cm³/mol. The molecule has 1 aromatic carbocycles. The smallest absolute Gasteiger partial charge is 0.221 e. The molecule has 0 atom stereocenters. The van der Waals surface area contributed by atoms with Crippen molar-refractivity contribution in [2.24, 2.45) is 0 Å². The van der Waals surface area contributed by atoms with Gasteiger partial charge in [0.1, 0.15) is 5.82 Å². The monoisotopic (exact) mass is 335 g/mol. The molecule has 6 nitrogen and oxygen atoms in total. The lowest BCUT2D eigenvalue weighted by atomic mass is 10.0. The van der Waals surface area contributed by atoms with Gasteiger partial charge in [-0.15, -0.1) is 0 Å². The van der Waals surface area contributed by atoms with E-state index in [0.29, 0.717) is 11.7 Å². The maximum absolute atomic E-state index is 5.81. The summed E-state index contributed by atoms with van der Waals surface area (Å²) in [4.78, 5) is 12.8. The minimum Gasteiger partial charge on any atom is -0.481 e. The van der Waals surface area contributed by atoms with E-state index in [2.05, 4.69) is 53.2 Å². The van der Waals surface area contributed by atoms with Crippen LogP contribution < -0.4 is 15.8 Å². The van der Waals surface area contributed by atoms with Gasteiger partial charge in [-0.05, 0) is 38.0 Å². The van der Waals surface area contributed by atoms with Gasteiger partial charge in [-0.25, -0.2) is 9.97 Å². The van der Waals surface area contributed by atoms with E-state index in [4.69, 9.17) is 10.5 Å². The van der Waals surface area contributed by atoms with Gasteiger partial charge in [-0.2, -0.15) is 4.98 Å². The van der Waals surface area contributed by atoms with Crippen LogP contribution in [0.5, 0.6) is 5.88 Å². The van der Waals surface area contributed by atoms with Gasteiger partial charge in [0.15, 0.2) is 0 Å². The number of methoxy groups -OCH3 is 1. The Hall–Kier alpha value is -3.15. The SMILES string of the molecule is COc1ccc(-c2cnc(N)nc2Nc2c(C)cc(C)cc2C)cn1. The van der Waals surface area contributed by atoms with Gasteiger partial charge in [0.25, 0.3) is 0 Å². The molecule has 0 saturated carbocycles. The lowest BCUT2D eigenvalue weighted by molar-refractivity contribution is 0.398. The minimum atomic E-state index is 0.218. The zero-order valence-electron chi connectivity index (χ0n) is 14.8. The Bertz CT molecular complexity index is 883. The van der Waals surface area contributed by atoms with Crippen LogP contribution in [-0.4, -0.2) is 22.1 Å². The topological polar surface area (TPSA) is 86.0 Å². The number of benzene rings is 1. The van der Waals surface area contributed by atoms with Crippen LogP contribution in [0.2, 0.25) is 0 Å². The van der Waals surface area contributed by atoms with E-state index in [-0.39, 0.29) is 5.95 Å². The number of nitrogens with two attached hydrogens (primary N) is 1. The van der Waals surface area contributed by atoms with E-state index in [9.17, 15) is 0 Å². The lowest BCUT2D eigenvalue weighted by Gasteiger charge is -2.16. The fraction of sp³-hybridized carbons (Fsp3) is 0.211. The molecule has 3 N–H and O–H groups in total. The Kier molecular flexibility index (Phi) is 4.52. The Morgan fingerprint density at radius 2 is 1.72 bits per heavy atom. The second-order valence-corrected chi connectivity index (χ2v) is 5.98. The summed E-state index contributed by atoms with van der Waals surface area (Å²) in [5.74, 6) is 1.42. The van der Waals surface area contributed by atoms with Crippen molar-refractivity contribution >= 4 is 17.5 Å². The first-order chi connectivity index (χ1) is 12.0. The summed E-state index contributed by atoms with van der Waals surface area (Å²) in [5.41, 5.74) is 12.0. The van der Waals surface area contributed by atoms with Crippen molar-refractivity contribution in [1.29, 1.82) is 0 Å². The molecule has 0 radical (unpaired) electrons. The van der Waals surface area contributed by atoms with Crippen molar-refractivity contribution < 1.29 is 4.74 Å². The van der Waals surface area contributed by atoms with E-state index >= 15 is 0 Å². The molecule has 3 rings (SSSR count). The zero-order valence-corrected chi connectivity index (χ0v) is 14.8. The summed E-state index contributed by atoms with van der Waals surface area (Å²) in [5, 5.41) is 3.41. The number of nitrogens with zero attached hydrogens (tertiary/aromatic N) is 3. The van der Waals surface area contributed by atoms with Crippen molar-refractivity contribution in [3.8, 4) is 17.0 Å². The summed E-state index contributed by atoms with van der Waals surface area (Å²) in [6.07, 6.45) is 3.43. The van der Waals surface area contributed by atoms with Gasteiger partial charge in [0.2, 0.25) is 11.8 Å². The standard InChI is InChI=1S/C19H21N5O/c1-11-7-12(2)17(13(3)8-11)23-18-15(10-22-19(20)24-18)14-5-6-16(25-4)21-9-14/h5-10H,1-4H3,(H3,20,22,23,24). The van der Waals surface area contributed by atoms with Crippen molar-refractivity contribution in [1.82, 2.24) is 15.0 Å². The summed E-state index contributed by atoms with van der Waals surface area (Å²) >= 11 is 0. The van der Waals surface area contributed by atoms with E-state index in [1.165, 1.54) is 5.56 Å². The molecule has 2 aromatic heterocycles. The first kappa shape index (κ1) is 16.7. The summed E-state index contributed by atoms with van der Waals surface area (Å²) in [6, 6.07) is 7.99. The largest absolute Gasteiger partial charge is 0.481 e. The van der Waals surface area contributed by atoms with Crippen LogP contribution in [0.15, 0.2) is 36.7 Å². The highest BCUT2D eigenvalue weighted by molar-refractivity contribution is 5.79. The molecule has 0 aliphatic rings. The summed E-state index contributed by atoms with van der Waals surface area (Å²) < 4.78 is 5.11. The van der Waals surface area contributed by atoms with E-state index in [1.54, 1.807) is 25.6 Å². The third kappa shape index (κ3) is 3.52.